The molecule has 2 aromatic carbocycles. The molecule has 1 heterocycles. The lowest BCUT2D eigenvalue weighted by Gasteiger charge is -2.32. The van der Waals surface area contributed by atoms with Crippen LogP contribution in [0.1, 0.15) is 11.1 Å². The Bertz CT molecular complexity index is 825. The molecule has 134 valence electrons. The van der Waals surface area contributed by atoms with Crippen LogP contribution in [0, 0.1) is 18.3 Å². The number of ether oxygens (including phenoxy) is 1. The van der Waals surface area contributed by atoms with Crippen LogP contribution in [0.25, 0.3) is 0 Å². The molecule has 7 heteroatoms. The van der Waals surface area contributed by atoms with Crippen molar-refractivity contribution in [3.05, 3.63) is 52.5 Å². The van der Waals surface area contributed by atoms with Crippen molar-refractivity contribution in [3.63, 3.8) is 0 Å². The van der Waals surface area contributed by atoms with E-state index in [0.717, 1.165) is 36.6 Å². The monoisotopic (exact) mass is 403 g/mol. The molecule has 0 atom stereocenters. The van der Waals surface area contributed by atoms with Crippen molar-refractivity contribution in [1.29, 1.82) is 5.26 Å². The number of halogens is 1. The lowest BCUT2D eigenvalue weighted by molar-refractivity contribution is 0.290. The predicted molar refractivity (Wildman–Crippen MR) is 110 cm³/mol. The maximum absolute atomic E-state index is 9.23. The number of benzene rings is 2. The first-order valence-corrected chi connectivity index (χ1v) is 9.81. The summed E-state index contributed by atoms with van der Waals surface area (Å²) in [6, 6.07) is 13.3. The van der Waals surface area contributed by atoms with E-state index in [4.69, 9.17) is 28.6 Å². The first kappa shape index (κ1) is 19.0. The summed E-state index contributed by atoms with van der Waals surface area (Å²) in [6.07, 6.45) is 0. The number of aryl methyl sites for hydroxylation is 1. The van der Waals surface area contributed by atoms with E-state index in [-0.39, 0.29) is 0 Å². The molecule has 1 aliphatic rings. The van der Waals surface area contributed by atoms with Gasteiger partial charge in [-0.3, -0.25) is 0 Å². The number of rotatable bonds is 5. The van der Waals surface area contributed by atoms with Crippen LogP contribution in [0.2, 0.25) is 5.02 Å². The molecule has 0 unspecified atom stereocenters. The third kappa shape index (κ3) is 4.89. The fourth-order valence-electron chi connectivity index (χ4n) is 2.66. The van der Waals surface area contributed by atoms with Crippen molar-refractivity contribution in [1.82, 2.24) is 9.21 Å². The fourth-order valence-corrected chi connectivity index (χ4v) is 4.16. The van der Waals surface area contributed by atoms with Crippen LogP contribution in [0.4, 0.5) is 0 Å². The summed E-state index contributed by atoms with van der Waals surface area (Å²) in [6.45, 7) is 5.56. The van der Waals surface area contributed by atoms with Gasteiger partial charge in [0.1, 0.15) is 11.5 Å². The molecule has 0 aromatic heterocycles. The summed E-state index contributed by atoms with van der Waals surface area (Å²) >= 11 is 12.7. The van der Waals surface area contributed by atoms with Crippen LogP contribution in [-0.2, 0) is 0 Å². The molecule has 0 bridgehead atoms. The van der Waals surface area contributed by atoms with Crippen molar-refractivity contribution in [2.24, 2.45) is 0 Å². The Hall–Kier alpha value is -1.78. The van der Waals surface area contributed by atoms with Crippen molar-refractivity contribution < 1.29 is 4.74 Å². The highest BCUT2D eigenvalue weighted by molar-refractivity contribution is 7.97. The van der Waals surface area contributed by atoms with Gasteiger partial charge in [0.2, 0.25) is 0 Å². The zero-order valence-electron chi connectivity index (χ0n) is 14.3. The molecule has 0 aliphatic carbocycles. The maximum atomic E-state index is 9.23. The molecular weight excluding hydrogens is 386 g/mol. The number of piperazine rings is 1. The molecule has 1 saturated heterocycles. The highest BCUT2D eigenvalue weighted by atomic mass is 35.5. The zero-order chi connectivity index (χ0) is 18.5. The fraction of sp³-hybridized carbons (Fsp3) is 0.263. The molecule has 3 rings (SSSR count). The number of thiocarbonyl (C=S) groups is 1. The molecule has 2 aromatic rings. The smallest absolute Gasteiger partial charge is 0.142 e. The largest absolute Gasteiger partial charge is 0.456 e. The van der Waals surface area contributed by atoms with Gasteiger partial charge in [0.25, 0.3) is 0 Å². The Labute approximate surface area is 168 Å². The highest BCUT2D eigenvalue weighted by Gasteiger charge is 2.18. The maximum Gasteiger partial charge on any atom is 0.142 e. The van der Waals surface area contributed by atoms with E-state index in [1.807, 2.05) is 31.2 Å². The van der Waals surface area contributed by atoms with Gasteiger partial charge in [-0.1, -0.05) is 23.8 Å². The summed E-state index contributed by atoms with van der Waals surface area (Å²) in [5.74, 6) is 1.40. The van der Waals surface area contributed by atoms with Gasteiger partial charge in [-0.2, -0.15) is 5.26 Å². The van der Waals surface area contributed by atoms with Crippen LogP contribution in [-0.4, -0.2) is 40.9 Å². The summed E-state index contributed by atoms with van der Waals surface area (Å²) < 4.78 is 8.35. The van der Waals surface area contributed by atoms with Gasteiger partial charge in [-0.05, 0) is 60.8 Å². The Kier molecular flexibility index (Phi) is 6.38. The van der Waals surface area contributed by atoms with Crippen molar-refractivity contribution in [2.45, 2.75) is 11.8 Å². The number of nitrogens with zero attached hydrogens (tertiary/aromatic N) is 3. The molecule has 0 spiro atoms. The standard InChI is InChI=1S/C19H18ClN3OS2/c1-14-8-16(20)11-17(9-14)24-18-3-2-15(12-21)10-19(18)26-23-6-4-22(13-25)5-7-23/h2-3,8-11,13H,4-7H2,1H3. The molecule has 1 fully saturated rings. The number of nitriles is 1. The molecule has 0 radical (unpaired) electrons. The lowest BCUT2D eigenvalue weighted by atomic mass is 10.2. The van der Waals surface area contributed by atoms with E-state index >= 15 is 0 Å². The van der Waals surface area contributed by atoms with E-state index in [0.29, 0.717) is 22.1 Å². The van der Waals surface area contributed by atoms with Crippen LogP contribution in [0.5, 0.6) is 11.5 Å². The first-order chi connectivity index (χ1) is 12.6. The van der Waals surface area contributed by atoms with E-state index in [2.05, 4.69) is 15.3 Å². The third-order valence-corrected chi connectivity index (χ3v) is 5.62. The second kappa shape index (κ2) is 8.74. The van der Waals surface area contributed by atoms with Crippen LogP contribution >= 0.6 is 35.8 Å². The molecule has 0 saturated carbocycles. The molecule has 26 heavy (non-hydrogen) atoms. The van der Waals surface area contributed by atoms with Crippen molar-refractivity contribution >= 4 is 41.3 Å². The van der Waals surface area contributed by atoms with E-state index in [1.54, 1.807) is 29.6 Å². The molecule has 4 nitrogen and oxygen atoms in total. The lowest BCUT2D eigenvalue weighted by Crippen LogP contribution is -2.42. The van der Waals surface area contributed by atoms with E-state index in [1.165, 1.54) is 0 Å². The minimum Gasteiger partial charge on any atom is -0.456 e. The Morgan fingerprint density at radius 1 is 1.19 bits per heavy atom. The van der Waals surface area contributed by atoms with Gasteiger partial charge >= 0.3 is 0 Å². The SMILES string of the molecule is Cc1cc(Cl)cc(Oc2ccc(C#N)cc2SN2CCN(C=S)CC2)c1. The van der Waals surface area contributed by atoms with Gasteiger partial charge in [0, 0.05) is 31.2 Å². The normalized spacial score (nSPS) is 14.7. The van der Waals surface area contributed by atoms with Gasteiger partial charge in [-0.15, -0.1) is 0 Å². The van der Waals surface area contributed by atoms with Gasteiger partial charge in [0.15, 0.2) is 0 Å². The first-order valence-electron chi connectivity index (χ1n) is 8.19. The molecule has 0 amide bonds. The molecule has 0 N–H and O–H groups in total. The number of hydrogen-bond acceptors (Lipinski definition) is 5. The minimum atomic E-state index is 0.611. The topological polar surface area (TPSA) is 39.5 Å². The van der Waals surface area contributed by atoms with E-state index in [9.17, 15) is 5.26 Å². The summed E-state index contributed by atoms with van der Waals surface area (Å²) in [5.41, 5.74) is 3.36. The Morgan fingerprint density at radius 3 is 2.62 bits per heavy atom. The average Bonchev–Trinajstić information content (AvgIpc) is 2.63. The van der Waals surface area contributed by atoms with Gasteiger partial charge in [-0.25, -0.2) is 4.31 Å². The summed E-state index contributed by atoms with van der Waals surface area (Å²) in [5, 5.41) is 9.87. The molecular formula is C19H18ClN3OS2. The second-order valence-corrected chi connectivity index (χ2v) is 7.79. The van der Waals surface area contributed by atoms with Crippen LogP contribution in [0.15, 0.2) is 41.3 Å². The summed E-state index contributed by atoms with van der Waals surface area (Å²) in [7, 11) is 0. The van der Waals surface area contributed by atoms with Crippen LogP contribution < -0.4 is 4.74 Å². The summed E-state index contributed by atoms with van der Waals surface area (Å²) in [4.78, 5) is 3.04. The zero-order valence-corrected chi connectivity index (χ0v) is 16.7. The van der Waals surface area contributed by atoms with Gasteiger partial charge in [0.05, 0.1) is 22.0 Å². The van der Waals surface area contributed by atoms with Crippen LogP contribution in [0.3, 0.4) is 0 Å². The highest BCUT2D eigenvalue weighted by Crippen LogP contribution is 2.36. The van der Waals surface area contributed by atoms with Crippen molar-refractivity contribution in [3.8, 4) is 17.6 Å². The Balaban J connectivity index is 1.81. The second-order valence-electron chi connectivity index (χ2n) is 6.00. The van der Waals surface area contributed by atoms with Crippen molar-refractivity contribution in [2.75, 3.05) is 26.2 Å². The van der Waals surface area contributed by atoms with E-state index < -0.39 is 0 Å². The minimum absolute atomic E-state index is 0.611. The third-order valence-electron chi connectivity index (χ3n) is 3.97. The van der Waals surface area contributed by atoms with Gasteiger partial charge < -0.3 is 9.64 Å². The Morgan fingerprint density at radius 2 is 1.96 bits per heavy atom. The number of hydrogen-bond donors (Lipinski definition) is 0. The molecule has 1 aliphatic heterocycles. The quantitative estimate of drug-likeness (QED) is 0.522. The average molecular weight is 404 g/mol. The predicted octanol–water partition coefficient (Wildman–Crippen LogP) is 4.89.